The molecule has 2 aliphatic carbocycles. The molecule has 2 aliphatic rings. The molecule has 0 spiro atoms. The highest BCUT2D eigenvalue weighted by atomic mass is 16.1. The molecule has 2 rings (SSSR count). The molecule has 0 N–H and O–H groups in total. The Labute approximate surface area is 80.2 Å². The largest absolute Gasteiger partial charge is 0.294 e. The van der Waals surface area contributed by atoms with Crippen molar-refractivity contribution in [3.8, 4) is 0 Å². The highest BCUT2D eigenvalue weighted by Crippen LogP contribution is 2.34. The van der Waals surface area contributed by atoms with Gasteiger partial charge in [-0.15, -0.1) is 0 Å². The lowest BCUT2D eigenvalue weighted by molar-refractivity contribution is -0.116. The Morgan fingerprint density at radius 3 is 2.69 bits per heavy atom. The minimum atomic E-state index is 0.422. The normalized spacial score (nSPS) is 24.5. The quantitative estimate of drug-likeness (QED) is 0.634. The zero-order valence-corrected chi connectivity index (χ0v) is 8.22. The Balaban J connectivity index is 1.96. The Morgan fingerprint density at radius 2 is 1.92 bits per heavy atom. The third-order valence-corrected chi connectivity index (χ3v) is 3.06. The standard InChI is InChI=1S/C12H18O/c13-12(11-8-9-11)10-6-4-2-1-3-5-7-10/h6,11H,1-5,7-9H2. The van der Waals surface area contributed by atoms with Gasteiger partial charge in [0.15, 0.2) is 5.78 Å². The maximum absolute atomic E-state index is 11.8. The van der Waals surface area contributed by atoms with E-state index in [0.29, 0.717) is 11.7 Å². The third kappa shape index (κ3) is 2.43. The monoisotopic (exact) mass is 178 g/mol. The molecule has 1 saturated carbocycles. The van der Waals surface area contributed by atoms with E-state index in [0.717, 1.165) is 31.3 Å². The fourth-order valence-corrected chi connectivity index (χ4v) is 2.02. The maximum Gasteiger partial charge on any atom is 0.161 e. The van der Waals surface area contributed by atoms with Crippen LogP contribution in [0.4, 0.5) is 0 Å². The molecule has 0 aliphatic heterocycles. The SMILES string of the molecule is O=C(C1=CCCCCCC1)C1CC1. The molecule has 0 unspecified atom stereocenters. The van der Waals surface area contributed by atoms with Crippen LogP contribution in [0.1, 0.15) is 51.4 Å². The second-order valence-electron chi connectivity index (χ2n) is 4.32. The molecule has 13 heavy (non-hydrogen) atoms. The summed E-state index contributed by atoms with van der Waals surface area (Å²) in [4.78, 5) is 11.8. The van der Waals surface area contributed by atoms with Crippen molar-refractivity contribution in [2.24, 2.45) is 5.92 Å². The molecular weight excluding hydrogens is 160 g/mol. The molecule has 1 nitrogen and oxygen atoms in total. The highest BCUT2D eigenvalue weighted by Gasteiger charge is 2.31. The molecule has 72 valence electrons. The molecule has 0 aromatic heterocycles. The smallest absolute Gasteiger partial charge is 0.161 e. The summed E-state index contributed by atoms with van der Waals surface area (Å²) in [5, 5.41) is 0. The van der Waals surface area contributed by atoms with Crippen molar-refractivity contribution < 1.29 is 4.79 Å². The van der Waals surface area contributed by atoms with Crippen LogP contribution in [-0.2, 0) is 4.79 Å². The van der Waals surface area contributed by atoms with Gasteiger partial charge in [0, 0.05) is 5.92 Å². The van der Waals surface area contributed by atoms with E-state index in [1.54, 1.807) is 0 Å². The number of hydrogen-bond acceptors (Lipinski definition) is 1. The first kappa shape index (κ1) is 8.98. The molecule has 0 aromatic rings. The average molecular weight is 178 g/mol. The van der Waals surface area contributed by atoms with Crippen molar-refractivity contribution in [2.45, 2.75) is 51.4 Å². The van der Waals surface area contributed by atoms with Gasteiger partial charge < -0.3 is 0 Å². The fraction of sp³-hybridized carbons (Fsp3) is 0.750. The zero-order chi connectivity index (χ0) is 9.10. The van der Waals surface area contributed by atoms with Gasteiger partial charge >= 0.3 is 0 Å². The molecule has 0 heterocycles. The second kappa shape index (κ2) is 4.08. The number of hydrogen-bond donors (Lipinski definition) is 0. The first-order valence-corrected chi connectivity index (χ1v) is 5.61. The van der Waals surface area contributed by atoms with Crippen molar-refractivity contribution in [3.63, 3.8) is 0 Å². The number of ketones is 1. The molecular formula is C12H18O. The van der Waals surface area contributed by atoms with Crippen LogP contribution in [0.5, 0.6) is 0 Å². The summed E-state index contributed by atoms with van der Waals surface area (Å²) < 4.78 is 0. The van der Waals surface area contributed by atoms with Crippen LogP contribution in [0, 0.1) is 5.92 Å². The highest BCUT2D eigenvalue weighted by molar-refractivity contribution is 5.98. The number of rotatable bonds is 2. The van der Waals surface area contributed by atoms with E-state index >= 15 is 0 Å². The molecule has 0 saturated heterocycles. The summed E-state index contributed by atoms with van der Waals surface area (Å²) in [5.74, 6) is 0.896. The lowest BCUT2D eigenvalue weighted by Gasteiger charge is -2.09. The van der Waals surface area contributed by atoms with E-state index in [1.165, 1.54) is 25.7 Å². The van der Waals surface area contributed by atoms with Crippen molar-refractivity contribution in [3.05, 3.63) is 11.6 Å². The van der Waals surface area contributed by atoms with Gasteiger partial charge in [-0.05, 0) is 44.1 Å². The molecule has 1 fully saturated rings. The van der Waals surface area contributed by atoms with Gasteiger partial charge in [-0.1, -0.05) is 18.9 Å². The van der Waals surface area contributed by atoms with Gasteiger partial charge in [0.05, 0.1) is 0 Å². The van der Waals surface area contributed by atoms with Gasteiger partial charge in [-0.25, -0.2) is 0 Å². The number of Topliss-reactive ketones (excluding diaryl/α,β-unsaturated/α-hetero) is 1. The number of allylic oxidation sites excluding steroid dienone is 2. The topological polar surface area (TPSA) is 17.1 Å². The van der Waals surface area contributed by atoms with E-state index in [2.05, 4.69) is 6.08 Å². The molecule has 0 amide bonds. The summed E-state index contributed by atoms with van der Waals surface area (Å²) in [7, 11) is 0. The Kier molecular flexibility index (Phi) is 2.82. The predicted molar refractivity (Wildman–Crippen MR) is 53.5 cm³/mol. The molecule has 0 radical (unpaired) electrons. The van der Waals surface area contributed by atoms with E-state index in [1.807, 2.05) is 0 Å². The van der Waals surface area contributed by atoms with Crippen LogP contribution in [0.15, 0.2) is 11.6 Å². The van der Waals surface area contributed by atoms with Crippen molar-refractivity contribution in [2.75, 3.05) is 0 Å². The molecule has 0 aromatic carbocycles. The van der Waals surface area contributed by atoms with Gasteiger partial charge in [0.2, 0.25) is 0 Å². The van der Waals surface area contributed by atoms with Crippen LogP contribution in [-0.4, -0.2) is 5.78 Å². The van der Waals surface area contributed by atoms with E-state index in [-0.39, 0.29) is 0 Å². The van der Waals surface area contributed by atoms with Gasteiger partial charge in [-0.3, -0.25) is 4.79 Å². The van der Waals surface area contributed by atoms with Crippen LogP contribution in [0.25, 0.3) is 0 Å². The summed E-state index contributed by atoms with van der Waals surface area (Å²) in [6, 6.07) is 0. The van der Waals surface area contributed by atoms with Crippen molar-refractivity contribution in [1.29, 1.82) is 0 Å². The Bertz CT molecular complexity index is 223. The average Bonchev–Trinajstić information content (AvgIpc) is 2.84. The van der Waals surface area contributed by atoms with E-state index < -0.39 is 0 Å². The summed E-state index contributed by atoms with van der Waals surface area (Å²) in [6.45, 7) is 0. The Hall–Kier alpha value is -0.590. The van der Waals surface area contributed by atoms with Gasteiger partial charge in [0.25, 0.3) is 0 Å². The van der Waals surface area contributed by atoms with Gasteiger partial charge in [-0.2, -0.15) is 0 Å². The van der Waals surface area contributed by atoms with Crippen LogP contribution >= 0.6 is 0 Å². The zero-order valence-electron chi connectivity index (χ0n) is 8.22. The van der Waals surface area contributed by atoms with Crippen molar-refractivity contribution >= 4 is 5.78 Å². The van der Waals surface area contributed by atoms with Crippen LogP contribution in [0.3, 0.4) is 0 Å². The summed E-state index contributed by atoms with van der Waals surface area (Å²) in [5.41, 5.74) is 1.15. The summed E-state index contributed by atoms with van der Waals surface area (Å²) in [6.07, 6.45) is 11.9. The minimum Gasteiger partial charge on any atom is -0.294 e. The van der Waals surface area contributed by atoms with Crippen LogP contribution < -0.4 is 0 Å². The molecule has 1 heteroatoms. The first-order valence-electron chi connectivity index (χ1n) is 5.61. The third-order valence-electron chi connectivity index (χ3n) is 3.06. The summed E-state index contributed by atoms with van der Waals surface area (Å²) >= 11 is 0. The number of carbonyl (C=O) groups is 1. The fourth-order valence-electron chi connectivity index (χ4n) is 2.02. The van der Waals surface area contributed by atoms with Gasteiger partial charge in [0.1, 0.15) is 0 Å². The maximum atomic E-state index is 11.8. The predicted octanol–water partition coefficient (Wildman–Crippen LogP) is 3.25. The van der Waals surface area contributed by atoms with Crippen LogP contribution in [0.2, 0.25) is 0 Å². The first-order chi connectivity index (χ1) is 6.38. The minimum absolute atomic E-state index is 0.422. The number of carbonyl (C=O) groups excluding carboxylic acids is 1. The lowest BCUT2D eigenvalue weighted by Crippen LogP contribution is -2.06. The van der Waals surface area contributed by atoms with E-state index in [4.69, 9.17) is 0 Å². The Morgan fingerprint density at radius 1 is 1.15 bits per heavy atom. The molecule has 0 atom stereocenters. The second-order valence-corrected chi connectivity index (χ2v) is 4.32. The molecule has 0 bridgehead atoms. The van der Waals surface area contributed by atoms with E-state index in [9.17, 15) is 4.79 Å². The van der Waals surface area contributed by atoms with Crippen molar-refractivity contribution in [1.82, 2.24) is 0 Å². The lowest BCUT2D eigenvalue weighted by atomic mass is 9.95.